The van der Waals surface area contributed by atoms with Crippen molar-refractivity contribution in [3.05, 3.63) is 58.7 Å². The SMILES string of the molecule is CC(C=CC1=C(C)CCC(C)C1(C)C)=CC=CC(C)=CC(=O)O. The molecule has 1 unspecified atom stereocenters. The molecule has 0 bridgehead atoms. The largest absolute Gasteiger partial charge is 0.478 e. The molecule has 1 aliphatic carbocycles. The molecule has 0 aromatic rings. The third-order valence-corrected chi connectivity index (χ3v) is 4.92. The van der Waals surface area contributed by atoms with E-state index in [0.717, 1.165) is 11.1 Å². The smallest absolute Gasteiger partial charge is 0.328 e. The van der Waals surface area contributed by atoms with Crippen LogP contribution in [0, 0.1) is 11.3 Å². The minimum Gasteiger partial charge on any atom is -0.478 e. The number of rotatable bonds is 5. The van der Waals surface area contributed by atoms with Crippen LogP contribution < -0.4 is 0 Å². The highest BCUT2D eigenvalue weighted by molar-refractivity contribution is 5.81. The maximum absolute atomic E-state index is 10.6. The fourth-order valence-corrected chi connectivity index (χ4v) is 2.97. The number of carboxylic acid groups (broad SMARTS) is 1. The van der Waals surface area contributed by atoms with Gasteiger partial charge in [-0.1, -0.05) is 62.3 Å². The number of carbonyl (C=O) groups is 1. The summed E-state index contributed by atoms with van der Waals surface area (Å²) in [6.07, 6.45) is 13.8. The van der Waals surface area contributed by atoms with Crippen molar-refractivity contribution in [3.8, 4) is 0 Å². The van der Waals surface area contributed by atoms with Crippen molar-refractivity contribution in [1.82, 2.24) is 0 Å². The Labute approximate surface area is 141 Å². The van der Waals surface area contributed by atoms with E-state index in [1.54, 1.807) is 6.92 Å². The van der Waals surface area contributed by atoms with Gasteiger partial charge in [-0.15, -0.1) is 0 Å². The van der Waals surface area contributed by atoms with E-state index >= 15 is 0 Å². The van der Waals surface area contributed by atoms with E-state index in [4.69, 9.17) is 5.11 Å². The fourth-order valence-electron chi connectivity index (χ4n) is 2.97. The lowest BCUT2D eigenvalue weighted by atomic mass is 9.66. The van der Waals surface area contributed by atoms with Crippen LogP contribution in [0.2, 0.25) is 0 Å². The van der Waals surface area contributed by atoms with Gasteiger partial charge in [-0.2, -0.15) is 0 Å². The first-order chi connectivity index (χ1) is 10.6. The standard InChI is InChI=1S/C21H30O2/c1-15(8-7-9-16(2)14-20(22)23)10-13-19-17(3)11-12-18(4)21(19,5)6/h7-10,13-14,18H,11-12H2,1-6H3,(H,22,23). The van der Waals surface area contributed by atoms with Gasteiger partial charge in [0.05, 0.1) is 0 Å². The second-order valence-electron chi connectivity index (χ2n) is 7.19. The van der Waals surface area contributed by atoms with E-state index in [1.165, 1.54) is 30.1 Å². The van der Waals surface area contributed by atoms with E-state index in [1.807, 2.05) is 18.2 Å². The topological polar surface area (TPSA) is 37.3 Å². The van der Waals surface area contributed by atoms with Crippen LogP contribution in [0.25, 0.3) is 0 Å². The average Bonchev–Trinajstić information content (AvgIpc) is 2.42. The summed E-state index contributed by atoms with van der Waals surface area (Å²) < 4.78 is 0. The molecule has 0 aromatic heterocycles. The summed E-state index contributed by atoms with van der Waals surface area (Å²) in [5.41, 5.74) is 5.04. The van der Waals surface area contributed by atoms with Crippen LogP contribution in [0.5, 0.6) is 0 Å². The Hall–Kier alpha value is -1.83. The minimum atomic E-state index is -0.913. The molecule has 0 amide bonds. The summed E-state index contributed by atoms with van der Waals surface area (Å²) in [4.78, 5) is 10.6. The number of carboxylic acids is 1. The molecular weight excluding hydrogens is 284 g/mol. The van der Waals surface area contributed by atoms with Crippen molar-refractivity contribution in [2.45, 2.75) is 54.4 Å². The molecule has 1 rings (SSSR count). The number of allylic oxidation sites excluding steroid dienone is 9. The molecule has 0 saturated carbocycles. The zero-order valence-corrected chi connectivity index (χ0v) is 15.3. The third kappa shape index (κ3) is 5.70. The molecular formula is C21H30O2. The molecule has 0 heterocycles. The Balaban J connectivity index is 2.85. The third-order valence-electron chi connectivity index (χ3n) is 4.92. The van der Waals surface area contributed by atoms with Crippen LogP contribution in [0.1, 0.15) is 54.4 Å². The van der Waals surface area contributed by atoms with Crippen LogP contribution in [-0.2, 0) is 4.79 Å². The van der Waals surface area contributed by atoms with Crippen molar-refractivity contribution >= 4 is 5.97 Å². The van der Waals surface area contributed by atoms with Crippen molar-refractivity contribution < 1.29 is 9.90 Å². The van der Waals surface area contributed by atoms with E-state index in [9.17, 15) is 4.79 Å². The molecule has 23 heavy (non-hydrogen) atoms. The lowest BCUT2D eigenvalue weighted by Crippen LogP contribution is -2.28. The van der Waals surface area contributed by atoms with Gasteiger partial charge in [-0.3, -0.25) is 0 Å². The second-order valence-corrected chi connectivity index (χ2v) is 7.19. The van der Waals surface area contributed by atoms with Crippen LogP contribution in [0.3, 0.4) is 0 Å². The van der Waals surface area contributed by atoms with Crippen molar-refractivity contribution in [2.24, 2.45) is 11.3 Å². The van der Waals surface area contributed by atoms with Gasteiger partial charge in [-0.05, 0) is 56.1 Å². The monoisotopic (exact) mass is 314 g/mol. The lowest BCUT2D eigenvalue weighted by molar-refractivity contribution is -0.131. The molecule has 0 aromatic carbocycles. The Morgan fingerprint density at radius 3 is 2.48 bits per heavy atom. The molecule has 2 heteroatoms. The summed E-state index contributed by atoms with van der Waals surface area (Å²) in [5, 5.41) is 8.67. The van der Waals surface area contributed by atoms with Gasteiger partial charge < -0.3 is 5.11 Å². The average molecular weight is 314 g/mol. The molecule has 0 radical (unpaired) electrons. The van der Waals surface area contributed by atoms with Crippen molar-refractivity contribution in [3.63, 3.8) is 0 Å². The van der Waals surface area contributed by atoms with E-state index in [0.29, 0.717) is 5.92 Å². The normalized spacial score (nSPS) is 23.1. The van der Waals surface area contributed by atoms with Gasteiger partial charge in [0.25, 0.3) is 0 Å². The van der Waals surface area contributed by atoms with Crippen LogP contribution in [0.4, 0.5) is 0 Å². The first-order valence-electron chi connectivity index (χ1n) is 8.29. The Kier molecular flexibility index (Phi) is 6.80. The van der Waals surface area contributed by atoms with Gasteiger partial charge in [-0.25, -0.2) is 4.79 Å². The van der Waals surface area contributed by atoms with E-state index in [2.05, 4.69) is 46.8 Å². The number of hydrogen-bond acceptors (Lipinski definition) is 1. The maximum atomic E-state index is 10.6. The molecule has 126 valence electrons. The number of hydrogen-bond donors (Lipinski definition) is 1. The highest BCUT2D eigenvalue weighted by Crippen LogP contribution is 2.44. The predicted octanol–water partition coefficient (Wildman–Crippen LogP) is 5.85. The van der Waals surface area contributed by atoms with Crippen molar-refractivity contribution in [2.75, 3.05) is 0 Å². The molecule has 0 saturated heterocycles. The Morgan fingerprint density at radius 1 is 1.22 bits per heavy atom. The molecule has 1 atom stereocenters. The molecule has 0 spiro atoms. The molecule has 0 fully saturated rings. The van der Waals surface area contributed by atoms with E-state index in [-0.39, 0.29) is 5.41 Å². The van der Waals surface area contributed by atoms with Crippen LogP contribution in [0.15, 0.2) is 58.7 Å². The van der Waals surface area contributed by atoms with Crippen molar-refractivity contribution in [1.29, 1.82) is 0 Å². The maximum Gasteiger partial charge on any atom is 0.328 e. The summed E-state index contributed by atoms with van der Waals surface area (Å²) in [6.45, 7) is 13.1. The van der Waals surface area contributed by atoms with Crippen LogP contribution in [-0.4, -0.2) is 11.1 Å². The zero-order valence-electron chi connectivity index (χ0n) is 15.3. The van der Waals surface area contributed by atoms with Crippen LogP contribution >= 0.6 is 0 Å². The van der Waals surface area contributed by atoms with Gasteiger partial charge in [0.2, 0.25) is 0 Å². The van der Waals surface area contributed by atoms with Gasteiger partial charge in [0.1, 0.15) is 0 Å². The quantitative estimate of drug-likeness (QED) is 0.510. The fraction of sp³-hybridized carbons (Fsp3) is 0.476. The predicted molar refractivity (Wildman–Crippen MR) is 98.3 cm³/mol. The first kappa shape index (κ1) is 19.2. The molecule has 1 N–H and O–H groups in total. The molecule has 2 nitrogen and oxygen atoms in total. The Morgan fingerprint density at radius 2 is 1.87 bits per heavy atom. The summed E-state index contributed by atoms with van der Waals surface area (Å²) >= 11 is 0. The second kappa shape index (κ2) is 8.14. The first-order valence-corrected chi connectivity index (χ1v) is 8.29. The molecule has 0 aliphatic heterocycles. The van der Waals surface area contributed by atoms with Gasteiger partial charge in [0, 0.05) is 6.08 Å². The van der Waals surface area contributed by atoms with E-state index < -0.39 is 5.97 Å². The summed E-state index contributed by atoms with van der Waals surface area (Å²) in [5.74, 6) is -0.220. The Bertz CT molecular complexity index is 595. The lowest BCUT2D eigenvalue weighted by Gasteiger charge is -2.39. The number of aliphatic carboxylic acids is 1. The zero-order chi connectivity index (χ0) is 17.6. The molecule has 1 aliphatic rings. The summed E-state index contributed by atoms with van der Waals surface area (Å²) in [7, 11) is 0. The summed E-state index contributed by atoms with van der Waals surface area (Å²) in [6, 6.07) is 0. The highest BCUT2D eigenvalue weighted by atomic mass is 16.4. The highest BCUT2D eigenvalue weighted by Gasteiger charge is 2.32. The minimum absolute atomic E-state index is 0.218. The van der Waals surface area contributed by atoms with Gasteiger partial charge >= 0.3 is 5.97 Å². The van der Waals surface area contributed by atoms with Gasteiger partial charge in [0.15, 0.2) is 0 Å².